The molecule has 2 aromatic rings. The van der Waals surface area contributed by atoms with E-state index in [2.05, 4.69) is 0 Å². The first-order valence-electron chi connectivity index (χ1n) is 8.87. The molecule has 9 nitrogen and oxygen atoms in total. The average molecular weight is 457 g/mol. The number of hydrogen-bond acceptors (Lipinski definition) is 7. The third kappa shape index (κ3) is 6.26. The lowest BCUT2D eigenvalue weighted by Gasteiger charge is -2.10. The molecule has 0 saturated heterocycles. The number of ether oxygens (including phenoxy) is 2. The number of ketones is 1. The van der Waals surface area contributed by atoms with Gasteiger partial charge in [0, 0.05) is 12.8 Å². The first kappa shape index (κ1) is 23.8. The van der Waals surface area contributed by atoms with Crippen molar-refractivity contribution in [1.29, 1.82) is 0 Å². The Kier molecular flexibility index (Phi) is 7.59. The number of methoxy groups -OCH3 is 2. The molecular formula is C19H24N2O7S2. The number of benzene rings is 2. The lowest BCUT2D eigenvalue weighted by Crippen LogP contribution is -2.14. The molecule has 0 unspecified atom stereocenters. The molecule has 0 aliphatic rings. The quantitative estimate of drug-likeness (QED) is 0.543. The Hall–Kier alpha value is -2.47. The molecule has 30 heavy (non-hydrogen) atoms. The molecule has 0 aliphatic heterocycles. The standard InChI is InChI=1S/C19H24N2O7S2/c1-27-16-9-5-13(11-18(16)29(20,23)24)3-7-15(22)8-4-14-6-10-17(28-2)19(12-14)30(21,25)26/h5-6,9-12H,3-4,7-8H2,1-2H3,(H2,20,23,24)(H2,21,25,26). The molecule has 0 aromatic heterocycles. The topological polar surface area (TPSA) is 156 Å². The maximum absolute atomic E-state index is 12.3. The fourth-order valence-electron chi connectivity index (χ4n) is 2.89. The van der Waals surface area contributed by atoms with Crippen molar-refractivity contribution in [3.05, 3.63) is 47.5 Å². The fourth-order valence-corrected chi connectivity index (χ4v) is 4.39. The summed E-state index contributed by atoms with van der Waals surface area (Å²) in [5.41, 5.74) is 1.27. The molecule has 0 fully saturated rings. The van der Waals surface area contributed by atoms with E-state index in [9.17, 15) is 21.6 Å². The number of rotatable bonds is 10. The van der Waals surface area contributed by atoms with Crippen LogP contribution in [0.2, 0.25) is 0 Å². The molecule has 11 heteroatoms. The molecular weight excluding hydrogens is 432 g/mol. The lowest BCUT2D eigenvalue weighted by molar-refractivity contribution is -0.119. The largest absolute Gasteiger partial charge is 0.495 e. The van der Waals surface area contributed by atoms with Gasteiger partial charge in [0.25, 0.3) is 0 Å². The molecule has 4 N–H and O–H groups in total. The van der Waals surface area contributed by atoms with Crippen molar-refractivity contribution in [1.82, 2.24) is 0 Å². The molecule has 0 heterocycles. The van der Waals surface area contributed by atoms with Gasteiger partial charge < -0.3 is 9.47 Å². The molecule has 0 bridgehead atoms. The van der Waals surface area contributed by atoms with Crippen molar-refractivity contribution in [2.24, 2.45) is 10.3 Å². The molecule has 164 valence electrons. The Balaban J connectivity index is 2.03. The molecule has 0 aliphatic carbocycles. The van der Waals surface area contributed by atoms with E-state index in [-0.39, 0.29) is 39.9 Å². The van der Waals surface area contributed by atoms with Crippen LogP contribution in [0.3, 0.4) is 0 Å². The van der Waals surface area contributed by atoms with Crippen LogP contribution in [0, 0.1) is 0 Å². The molecule has 2 aromatic carbocycles. The molecule has 0 saturated carbocycles. The summed E-state index contributed by atoms with van der Waals surface area (Å²) in [6, 6.07) is 9.11. The van der Waals surface area contributed by atoms with Crippen LogP contribution in [-0.2, 0) is 37.7 Å². The second-order valence-electron chi connectivity index (χ2n) is 6.60. The third-order valence-corrected chi connectivity index (χ3v) is 6.32. The highest BCUT2D eigenvalue weighted by Crippen LogP contribution is 2.26. The Morgan fingerprint density at radius 1 is 0.767 bits per heavy atom. The van der Waals surface area contributed by atoms with Gasteiger partial charge in [0.05, 0.1) is 14.2 Å². The summed E-state index contributed by atoms with van der Waals surface area (Å²) in [5, 5.41) is 10.4. The van der Waals surface area contributed by atoms with Crippen LogP contribution in [-0.4, -0.2) is 36.8 Å². The number of primary sulfonamides is 2. The van der Waals surface area contributed by atoms with Crippen LogP contribution in [0.4, 0.5) is 0 Å². The number of carbonyl (C=O) groups excluding carboxylic acids is 1. The van der Waals surface area contributed by atoms with Crippen molar-refractivity contribution >= 4 is 25.8 Å². The van der Waals surface area contributed by atoms with Gasteiger partial charge in [-0.25, -0.2) is 27.1 Å². The van der Waals surface area contributed by atoms with E-state index in [0.717, 1.165) is 0 Å². The van der Waals surface area contributed by atoms with Crippen LogP contribution in [0.1, 0.15) is 24.0 Å². The van der Waals surface area contributed by atoms with Gasteiger partial charge in [-0.1, -0.05) is 12.1 Å². The number of Topliss-reactive ketones (excluding diaryl/α,β-unsaturated/α-hetero) is 1. The number of carbonyl (C=O) groups is 1. The Morgan fingerprint density at radius 3 is 1.43 bits per heavy atom. The smallest absolute Gasteiger partial charge is 0.241 e. The summed E-state index contributed by atoms with van der Waals surface area (Å²) in [4.78, 5) is 12.0. The Labute approximate surface area is 176 Å². The number of hydrogen-bond donors (Lipinski definition) is 2. The van der Waals surface area contributed by atoms with Crippen molar-refractivity contribution in [3.8, 4) is 11.5 Å². The van der Waals surface area contributed by atoms with Crippen LogP contribution >= 0.6 is 0 Å². The van der Waals surface area contributed by atoms with Crippen molar-refractivity contribution in [2.75, 3.05) is 14.2 Å². The van der Waals surface area contributed by atoms with Gasteiger partial charge in [0.2, 0.25) is 20.0 Å². The second kappa shape index (κ2) is 9.56. The van der Waals surface area contributed by atoms with Crippen LogP contribution in [0.15, 0.2) is 46.2 Å². The highest BCUT2D eigenvalue weighted by Gasteiger charge is 2.17. The maximum atomic E-state index is 12.3. The number of aryl methyl sites for hydroxylation is 2. The lowest BCUT2D eigenvalue weighted by atomic mass is 10.0. The summed E-state index contributed by atoms with van der Waals surface area (Å²) in [6.45, 7) is 0. The van der Waals surface area contributed by atoms with Crippen LogP contribution in [0.25, 0.3) is 0 Å². The zero-order valence-electron chi connectivity index (χ0n) is 16.6. The van der Waals surface area contributed by atoms with Crippen molar-refractivity contribution < 1.29 is 31.1 Å². The van der Waals surface area contributed by atoms with Gasteiger partial charge in [0.15, 0.2) is 0 Å². The predicted octanol–water partition coefficient (Wildman–Crippen LogP) is 1.13. The highest BCUT2D eigenvalue weighted by molar-refractivity contribution is 7.89. The minimum absolute atomic E-state index is 0.0593. The molecule has 0 amide bonds. The SMILES string of the molecule is COc1ccc(CCC(=O)CCc2ccc(OC)c(S(N)(=O)=O)c2)cc1S(N)(=O)=O. The first-order chi connectivity index (χ1) is 14.0. The Bertz CT molecular complexity index is 1050. The predicted molar refractivity (Wildman–Crippen MR) is 110 cm³/mol. The fraction of sp³-hybridized carbons (Fsp3) is 0.316. The highest BCUT2D eigenvalue weighted by atomic mass is 32.2. The van der Waals surface area contributed by atoms with Gasteiger partial charge in [-0.05, 0) is 48.2 Å². The van der Waals surface area contributed by atoms with Gasteiger partial charge in [-0.15, -0.1) is 0 Å². The number of nitrogens with two attached hydrogens (primary N) is 2. The minimum Gasteiger partial charge on any atom is -0.495 e. The van der Waals surface area contributed by atoms with Gasteiger partial charge in [-0.2, -0.15) is 0 Å². The van der Waals surface area contributed by atoms with Gasteiger partial charge in [0.1, 0.15) is 27.1 Å². The first-order valence-corrected chi connectivity index (χ1v) is 12.0. The molecule has 0 radical (unpaired) electrons. The maximum Gasteiger partial charge on any atom is 0.241 e. The second-order valence-corrected chi connectivity index (χ2v) is 9.66. The molecule has 0 atom stereocenters. The van der Waals surface area contributed by atoms with Crippen LogP contribution < -0.4 is 19.8 Å². The van der Waals surface area contributed by atoms with Gasteiger partial charge >= 0.3 is 0 Å². The zero-order valence-corrected chi connectivity index (χ0v) is 18.3. The van der Waals surface area contributed by atoms with E-state index < -0.39 is 20.0 Å². The van der Waals surface area contributed by atoms with Crippen molar-refractivity contribution in [2.45, 2.75) is 35.5 Å². The van der Waals surface area contributed by atoms with E-state index in [4.69, 9.17) is 19.8 Å². The van der Waals surface area contributed by atoms with Crippen LogP contribution in [0.5, 0.6) is 11.5 Å². The van der Waals surface area contributed by atoms with E-state index in [0.29, 0.717) is 24.0 Å². The average Bonchev–Trinajstić information content (AvgIpc) is 2.68. The molecule has 0 spiro atoms. The summed E-state index contributed by atoms with van der Waals surface area (Å²) >= 11 is 0. The van der Waals surface area contributed by atoms with E-state index in [1.54, 1.807) is 12.1 Å². The Morgan fingerprint density at radius 2 is 1.13 bits per heavy atom. The summed E-state index contributed by atoms with van der Waals surface area (Å²) in [7, 11) is -5.23. The normalized spacial score (nSPS) is 11.9. The number of sulfonamides is 2. The molecule has 2 rings (SSSR count). The summed E-state index contributed by atoms with van der Waals surface area (Å²) < 4.78 is 56.7. The third-order valence-electron chi connectivity index (χ3n) is 4.45. The van der Waals surface area contributed by atoms with Crippen molar-refractivity contribution in [3.63, 3.8) is 0 Å². The summed E-state index contributed by atoms with van der Waals surface area (Å²) in [6.07, 6.45) is 1.04. The zero-order chi connectivity index (χ0) is 22.5. The monoisotopic (exact) mass is 456 g/mol. The summed E-state index contributed by atoms with van der Waals surface area (Å²) in [5.74, 6) is 0.214. The van der Waals surface area contributed by atoms with E-state index >= 15 is 0 Å². The van der Waals surface area contributed by atoms with Gasteiger partial charge in [-0.3, -0.25) is 4.79 Å². The van der Waals surface area contributed by atoms with E-state index in [1.165, 1.54) is 38.5 Å². The minimum atomic E-state index is -3.95. The van der Waals surface area contributed by atoms with E-state index in [1.807, 2.05) is 0 Å².